The normalized spacial score (nSPS) is 16.9. The third-order valence-electron chi connectivity index (χ3n) is 7.74. The summed E-state index contributed by atoms with van der Waals surface area (Å²) in [7, 11) is 0. The maximum atomic E-state index is 6.43. The van der Waals surface area contributed by atoms with Crippen LogP contribution in [0.1, 0.15) is 37.9 Å². The van der Waals surface area contributed by atoms with Crippen molar-refractivity contribution in [2.75, 3.05) is 38.6 Å². The quantitative estimate of drug-likeness (QED) is 0.192. The van der Waals surface area contributed by atoms with E-state index in [-0.39, 0.29) is 0 Å². The van der Waals surface area contributed by atoms with Gasteiger partial charge in [-0.1, -0.05) is 48.5 Å². The molecule has 0 atom stereocenters. The summed E-state index contributed by atoms with van der Waals surface area (Å²) < 4.78 is 7.50. The monoisotopic (exact) mass is 535 g/mol. The van der Waals surface area contributed by atoms with Gasteiger partial charge in [-0.3, -0.25) is 4.40 Å². The molecule has 1 saturated carbocycles. The number of ether oxygens (including phenoxy) is 1. The molecule has 5 aromatic rings. The fourth-order valence-electron chi connectivity index (χ4n) is 5.54. The lowest BCUT2D eigenvalue weighted by Gasteiger charge is -2.35. The molecule has 8 nitrogen and oxygen atoms in total. The van der Waals surface area contributed by atoms with Crippen LogP contribution in [-0.2, 0) is 4.74 Å². The van der Waals surface area contributed by atoms with E-state index in [2.05, 4.69) is 62.5 Å². The Morgan fingerprint density at radius 2 is 1.82 bits per heavy atom. The van der Waals surface area contributed by atoms with Gasteiger partial charge in [-0.2, -0.15) is 0 Å². The fraction of sp³-hybridized carbons (Fsp3) is 0.344. The van der Waals surface area contributed by atoms with Crippen molar-refractivity contribution in [1.82, 2.24) is 30.0 Å². The van der Waals surface area contributed by atoms with E-state index in [1.54, 1.807) is 6.20 Å². The number of nitrogen functional groups attached to an aromatic ring is 1. The summed E-state index contributed by atoms with van der Waals surface area (Å²) >= 11 is 0. The molecule has 206 valence electrons. The molecule has 8 heteroatoms. The number of imidazole rings is 1. The molecule has 40 heavy (non-hydrogen) atoms. The van der Waals surface area contributed by atoms with Crippen LogP contribution in [0.5, 0.6) is 0 Å². The summed E-state index contributed by atoms with van der Waals surface area (Å²) in [5, 5.41) is 8.23. The lowest BCUT2D eigenvalue weighted by Crippen LogP contribution is -2.41. The van der Waals surface area contributed by atoms with E-state index in [0.29, 0.717) is 17.8 Å². The maximum absolute atomic E-state index is 6.43. The predicted octanol–water partition coefficient (Wildman–Crippen LogP) is 5.05. The molecule has 3 aromatic heterocycles. The van der Waals surface area contributed by atoms with Gasteiger partial charge < -0.3 is 21.1 Å². The molecule has 3 heterocycles. The molecule has 0 saturated heterocycles. The zero-order valence-electron chi connectivity index (χ0n) is 23.0. The number of rotatable bonds is 12. The van der Waals surface area contributed by atoms with Gasteiger partial charge >= 0.3 is 0 Å². The van der Waals surface area contributed by atoms with E-state index in [1.165, 1.54) is 0 Å². The Bertz CT molecular complexity index is 1580. The number of aromatic nitrogens is 4. The van der Waals surface area contributed by atoms with E-state index in [1.807, 2.05) is 31.3 Å². The van der Waals surface area contributed by atoms with E-state index in [0.717, 1.165) is 96.9 Å². The van der Waals surface area contributed by atoms with Crippen LogP contribution in [-0.4, -0.2) is 58.2 Å². The number of nitrogens with two attached hydrogens (primary N) is 1. The largest absolute Gasteiger partial charge is 0.382 e. The second-order valence-corrected chi connectivity index (χ2v) is 10.4. The van der Waals surface area contributed by atoms with Gasteiger partial charge in [0.15, 0.2) is 0 Å². The Kier molecular flexibility index (Phi) is 7.99. The summed E-state index contributed by atoms with van der Waals surface area (Å²) in [6, 6.07) is 21.3. The molecule has 0 radical (unpaired) electrons. The topological polar surface area (TPSA) is 102 Å². The van der Waals surface area contributed by atoms with E-state index < -0.39 is 0 Å². The second kappa shape index (κ2) is 12.1. The molecule has 0 spiro atoms. The number of nitrogens with one attached hydrogen (secondary N) is 2. The Morgan fingerprint density at radius 1 is 0.975 bits per heavy atom. The van der Waals surface area contributed by atoms with Gasteiger partial charge in [0, 0.05) is 54.0 Å². The minimum atomic E-state index is 0.383. The van der Waals surface area contributed by atoms with Crippen LogP contribution < -0.4 is 16.4 Å². The Hall–Kier alpha value is -3.85. The Balaban J connectivity index is 1.18. The number of hydrogen-bond donors (Lipinski definition) is 3. The van der Waals surface area contributed by atoms with Crippen LogP contribution in [0.25, 0.3) is 38.9 Å². The van der Waals surface area contributed by atoms with Crippen LogP contribution in [0.4, 0.5) is 5.82 Å². The highest BCUT2D eigenvalue weighted by atomic mass is 16.5. The number of fused-ring (bicyclic) bond motifs is 2. The summed E-state index contributed by atoms with van der Waals surface area (Å²) in [6.45, 7) is 6.50. The molecule has 2 aromatic carbocycles. The zero-order valence-corrected chi connectivity index (χ0v) is 23.0. The lowest BCUT2D eigenvalue weighted by molar-refractivity contribution is 0.149. The SMILES string of the molecule is CCOCCNCCCNC1CC(c2nc(-c3ccc4ccc(-c5ccccc5)nc4c3)c3c(N)nccn23)C1. The molecule has 0 unspecified atom stereocenters. The van der Waals surface area contributed by atoms with Crippen LogP contribution in [0.2, 0.25) is 0 Å². The highest BCUT2D eigenvalue weighted by Gasteiger charge is 2.34. The van der Waals surface area contributed by atoms with Crippen molar-refractivity contribution in [1.29, 1.82) is 0 Å². The van der Waals surface area contributed by atoms with Crippen LogP contribution in [0.3, 0.4) is 0 Å². The van der Waals surface area contributed by atoms with Crippen molar-refractivity contribution >= 4 is 22.2 Å². The number of nitrogens with zero attached hydrogens (tertiary/aromatic N) is 4. The van der Waals surface area contributed by atoms with Gasteiger partial charge in [0.1, 0.15) is 22.9 Å². The summed E-state index contributed by atoms with van der Waals surface area (Å²) in [5.74, 6) is 1.93. The van der Waals surface area contributed by atoms with Gasteiger partial charge in [-0.05, 0) is 51.4 Å². The standard InChI is InChI=1S/C32H37N7O/c1-2-40-18-16-34-13-6-14-35-26-19-25(20-26)32-38-29(30-31(33)36-15-17-39(30)32)24-10-9-23-11-12-27(37-28(23)21-24)22-7-4-3-5-8-22/h3-5,7-12,15,17,21,25-26,34-35H,2,6,13-14,16,18-20H2,1H3,(H2,33,36). The molecule has 1 aliphatic carbocycles. The first-order valence-electron chi connectivity index (χ1n) is 14.3. The fourth-order valence-corrected chi connectivity index (χ4v) is 5.54. The molecular formula is C32H37N7O. The van der Waals surface area contributed by atoms with Crippen molar-refractivity contribution in [2.45, 2.75) is 38.1 Å². The maximum Gasteiger partial charge on any atom is 0.150 e. The molecule has 4 N–H and O–H groups in total. The number of anilines is 1. The minimum absolute atomic E-state index is 0.383. The smallest absolute Gasteiger partial charge is 0.150 e. The third kappa shape index (κ3) is 5.56. The van der Waals surface area contributed by atoms with Gasteiger partial charge in [-0.25, -0.2) is 15.0 Å². The van der Waals surface area contributed by atoms with E-state index >= 15 is 0 Å². The number of hydrogen-bond acceptors (Lipinski definition) is 7. The molecule has 0 bridgehead atoms. The van der Waals surface area contributed by atoms with Crippen molar-refractivity contribution in [3.05, 3.63) is 78.9 Å². The molecule has 0 aliphatic heterocycles. The highest BCUT2D eigenvalue weighted by Crippen LogP contribution is 2.40. The first-order valence-corrected chi connectivity index (χ1v) is 14.3. The molecule has 1 fully saturated rings. The summed E-state index contributed by atoms with van der Waals surface area (Å²) in [6.07, 6.45) is 6.99. The Morgan fingerprint density at radius 3 is 2.67 bits per heavy atom. The lowest BCUT2D eigenvalue weighted by atomic mass is 9.79. The van der Waals surface area contributed by atoms with E-state index in [9.17, 15) is 0 Å². The third-order valence-corrected chi connectivity index (χ3v) is 7.74. The van der Waals surface area contributed by atoms with Crippen LogP contribution >= 0.6 is 0 Å². The molecule has 6 rings (SSSR count). The number of benzene rings is 2. The second-order valence-electron chi connectivity index (χ2n) is 10.4. The van der Waals surface area contributed by atoms with Gasteiger partial charge in [0.05, 0.1) is 17.8 Å². The summed E-state index contributed by atoms with van der Waals surface area (Å²) in [4.78, 5) is 14.5. The van der Waals surface area contributed by atoms with Crippen LogP contribution in [0, 0.1) is 0 Å². The minimum Gasteiger partial charge on any atom is -0.382 e. The van der Waals surface area contributed by atoms with Crippen molar-refractivity contribution in [3.8, 4) is 22.5 Å². The van der Waals surface area contributed by atoms with Crippen molar-refractivity contribution < 1.29 is 4.74 Å². The highest BCUT2D eigenvalue weighted by molar-refractivity contribution is 5.91. The Labute approximate surface area is 235 Å². The molecular weight excluding hydrogens is 498 g/mol. The zero-order chi connectivity index (χ0) is 27.3. The first kappa shape index (κ1) is 26.4. The average Bonchev–Trinajstić information content (AvgIpc) is 3.35. The van der Waals surface area contributed by atoms with Gasteiger partial charge in [-0.15, -0.1) is 0 Å². The molecule has 0 amide bonds. The summed E-state index contributed by atoms with van der Waals surface area (Å²) in [5.41, 5.74) is 12.1. The predicted molar refractivity (Wildman–Crippen MR) is 161 cm³/mol. The van der Waals surface area contributed by atoms with Crippen molar-refractivity contribution in [3.63, 3.8) is 0 Å². The van der Waals surface area contributed by atoms with Gasteiger partial charge in [0.25, 0.3) is 0 Å². The first-order chi connectivity index (χ1) is 19.7. The van der Waals surface area contributed by atoms with E-state index in [4.69, 9.17) is 20.4 Å². The number of pyridine rings is 1. The van der Waals surface area contributed by atoms with Crippen LogP contribution in [0.15, 0.2) is 73.1 Å². The average molecular weight is 536 g/mol. The van der Waals surface area contributed by atoms with Gasteiger partial charge in [0.2, 0.25) is 0 Å². The van der Waals surface area contributed by atoms with Crippen molar-refractivity contribution in [2.24, 2.45) is 0 Å². The molecule has 1 aliphatic rings.